The van der Waals surface area contributed by atoms with E-state index in [0.29, 0.717) is 10.7 Å². The second-order valence-electron chi connectivity index (χ2n) is 6.11. The molecule has 1 aliphatic heterocycles. The van der Waals surface area contributed by atoms with Gasteiger partial charge in [0.05, 0.1) is 29.9 Å². The van der Waals surface area contributed by atoms with Crippen molar-refractivity contribution < 1.29 is 23.8 Å². The Hall–Kier alpha value is -2.91. The lowest BCUT2D eigenvalue weighted by atomic mass is 9.80. The van der Waals surface area contributed by atoms with E-state index in [1.807, 2.05) is 0 Å². The zero-order chi connectivity index (χ0) is 21.7. The van der Waals surface area contributed by atoms with Gasteiger partial charge in [-0.25, -0.2) is 23.9 Å². The average molecular weight is 450 g/mol. The van der Waals surface area contributed by atoms with Gasteiger partial charge in [-0.1, -0.05) is 41.6 Å². The molecule has 10 heteroatoms. The number of hydrogen-bond acceptors (Lipinski definition) is 7. The fourth-order valence-electron chi connectivity index (χ4n) is 3.15. The standard InChI is InChI=1S/C20H17ClFN3O4S/c1-29-19(28)17-13(9-22)25-14(10-30-20-23-7-4-8-24-20)16(18(26)27)15(17)11-5-2-3-6-12(11)21/h2-8,15,25H,9-10H2,1H3,(H,26,27). The molecule has 1 aliphatic rings. The lowest BCUT2D eigenvalue weighted by molar-refractivity contribution is -0.136. The number of alkyl halides is 1. The number of carboxylic acids is 1. The maximum absolute atomic E-state index is 13.9. The molecule has 30 heavy (non-hydrogen) atoms. The smallest absolute Gasteiger partial charge is 0.336 e. The number of carbonyl (C=O) groups is 2. The summed E-state index contributed by atoms with van der Waals surface area (Å²) in [5.74, 6) is -3.10. The monoisotopic (exact) mass is 449 g/mol. The zero-order valence-corrected chi connectivity index (χ0v) is 17.3. The SMILES string of the molecule is COC(=O)C1=C(CF)NC(CSc2ncccn2)=C(C(=O)O)C1c1ccccc1Cl. The number of allylic oxidation sites excluding steroid dienone is 1. The largest absolute Gasteiger partial charge is 0.478 e. The topological polar surface area (TPSA) is 101 Å². The van der Waals surface area contributed by atoms with E-state index in [0.717, 1.165) is 7.11 Å². The van der Waals surface area contributed by atoms with Crippen LogP contribution in [-0.2, 0) is 14.3 Å². The highest BCUT2D eigenvalue weighted by Gasteiger charge is 2.39. The fraction of sp³-hybridized carbons (Fsp3) is 0.200. The van der Waals surface area contributed by atoms with Gasteiger partial charge in [-0.3, -0.25) is 0 Å². The van der Waals surface area contributed by atoms with E-state index in [9.17, 15) is 19.1 Å². The molecule has 2 aromatic rings. The normalized spacial score (nSPS) is 16.3. The molecule has 0 saturated carbocycles. The lowest BCUT2D eigenvalue weighted by Crippen LogP contribution is -2.35. The summed E-state index contributed by atoms with van der Waals surface area (Å²) in [5, 5.41) is 13.5. The van der Waals surface area contributed by atoms with Crippen molar-refractivity contribution in [2.24, 2.45) is 0 Å². The first-order valence-corrected chi connectivity index (χ1v) is 10.1. The predicted molar refractivity (Wildman–Crippen MR) is 110 cm³/mol. The molecule has 156 valence electrons. The molecule has 2 heterocycles. The van der Waals surface area contributed by atoms with E-state index in [4.69, 9.17) is 16.3 Å². The molecule has 0 aliphatic carbocycles. The fourth-order valence-corrected chi connectivity index (χ4v) is 4.17. The molecule has 1 atom stereocenters. The Morgan fingerprint density at radius 1 is 1.20 bits per heavy atom. The summed E-state index contributed by atoms with van der Waals surface area (Å²) < 4.78 is 18.7. The highest BCUT2D eigenvalue weighted by atomic mass is 35.5. The Kier molecular flexibility index (Phi) is 7.07. The minimum Gasteiger partial charge on any atom is -0.478 e. The number of thioether (sulfide) groups is 1. The molecule has 0 spiro atoms. The van der Waals surface area contributed by atoms with Gasteiger partial charge in [0.2, 0.25) is 0 Å². The molecule has 0 fully saturated rings. The number of benzene rings is 1. The minimum atomic E-state index is -1.27. The van der Waals surface area contributed by atoms with E-state index in [1.165, 1.54) is 11.8 Å². The average Bonchev–Trinajstić information content (AvgIpc) is 2.76. The summed E-state index contributed by atoms with van der Waals surface area (Å²) in [6, 6.07) is 8.18. The van der Waals surface area contributed by atoms with Crippen LogP contribution >= 0.6 is 23.4 Å². The third-order valence-corrected chi connectivity index (χ3v) is 5.65. The Morgan fingerprint density at radius 2 is 1.90 bits per heavy atom. The maximum Gasteiger partial charge on any atom is 0.336 e. The molecule has 0 amide bonds. The first kappa shape index (κ1) is 21.8. The van der Waals surface area contributed by atoms with Gasteiger partial charge in [0.15, 0.2) is 5.16 Å². The van der Waals surface area contributed by atoms with Gasteiger partial charge in [0.25, 0.3) is 0 Å². The van der Waals surface area contributed by atoms with E-state index in [1.54, 1.807) is 42.7 Å². The first-order valence-electron chi connectivity index (χ1n) is 8.72. The second-order valence-corrected chi connectivity index (χ2v) is 7.46. The molecule has 0 saturated heterocycles. The summed E-state index contributed by atoms with van der Waals surface area (Å²) in [5.41, 5.74) is 0.272. The Morgan fingerprint density at radius 3 is 2.50 bits per heavy atom. The highest BCUT2D eigenvalue weighted by Crippen LogP contribution is 2.42. The third-order valence-electron chi connectivity index (χ3n) is 4.40. The molecule has 1 aromatic heterocycles. The second kappa shape index (κ2) is 9.73. The van der Waals surface area contributed by atoms with Crippen LogP contribution in [-0.4, -0.2) is 46.6 Å². The van der Waals surface area contributed by atoms with E-state index < -0.39 is 24.5 Å². The van der Waals surface area contributed by atoms with Gasteiger partial charge in [-0.2, -0.15) is 0 Å². The number of halogens is 2. The summed E-state index contributed by atoms with van der Waals surface area (Å²) in [6.45, 7) is -1.02. The number of carbonyl (C=O) groups excluding carboxylic acids is 1. The van der Waals surface area contributed by atoms with Gasteiger partial charge in [-0.15, -0.1) is 0 Å². The summed E-state index contributed by atoms with van der Waals surface area (Å²) in [7, 11) is 1.15. The number of nitrogens with one attached hydrogen (secondary N) is 1. The Labute approximate surface area is 181 Å². The van der Waals surface area contributed by atoms with Crippen LogP contribution in [0.2, 0.25) is 5.02 Å². The molecule has 3 rings (SSSR count). The molecule has 0 bridgehead atoms. The molecule has 0 radical (unpaired) electrons. The van der Waals surface area contributed by atoms with Gasteiger partial charge in [0, 0.05) is 28.9 Å². The number of aromatic nitrogens is 2. The van der Waals surface area contributed by atoms with Crippen LogP contribution in [0.3, 0.4) is 0 Å². The summed E-state index contributed by atoms with van der Waals surface area (Å²) in [6.07, 6.45) is 3.12. The highest BCUT2D eigenvalue weighted by molar-refractivity contribution is 7.99. The number of aliphatic carboxylic acids is 1. The number of dihydropyridines is 1. The summed E-state index contributed by atoms with van der Waals surface area (Å²) >= 11 is 7.50. The van der Waals surface area contributed by atoms with Crippen LogP contribution in [0.5, 0.6) is 0 Å². The summed E-state index contributed by atoms with van der Waals surface area (Å²) in [4.78, 5) is 33.0. The molecule has 2 N–H and O–H groups in total. The van der Waals surface area contributed by atoms with Crippen molar-refractivity contribution in [2.45, 2.75) is 11.1 Å². The van der Waals surface area contributed by atoms with Crippen LogP contribution in [0.4, 0.5) is 4.39 Å². The van der Waals surface area contributed by atoms with Crippen LogP contribution < -0.4 is 5.32 Å². The number of nitrogens with zero attached hydrogens (tertiary/aromatic N) is 2. The molecule has 1 unspecified atom stereocenters. The number of methoxy groups -OCH3 is 1. The van der Waals surface area contributed by atoms with Gasteiger partial charge in [-0.05, 0) is 17.7 Å². The quantitative estimate of drug-likeness (QED) is 0.377. The first-order chi connectivity index (χ1) is 14.5. The number of hydrogen-bond donors (Lipinski definition) is 2. The lowest BCUT2D eigenvalue weighted by Gasteiger charge is -2.31. The molecule has 7 nitrogen and oxygen atoms in total. The van der Waals surface area contributed by atoms with Gasteiger partial charge >= 0.3 is 11.9 Å². The predicted octanol–water partition coefficient (Wildman–Crippen LogP) is 3.34. The van der Waals surface area contributed by atoms with Crippen molar-refractivity contribution in [3.05, 3.63) is 75.9 Å². The van der Waals surface area contributed by atoms with Crippen LogP contribution in [0.15, 0.2) is 70.4 Å². The third kappa shape index (κ3) is 4.47. The Balaban J connectivity index is 2.15. The number of esters is 1. The van der Waals surface area contributed by atoms with Crippen molar-refractivity contribution in [3.8, 4) is 0 Å². The zero-order valence-electron chi connectivity index (χ0n) is 15.8. The van der Waals surface area contributed by atoms with Gasteiger partial charge in [0.1, 0.15) is 6.67 Å². The number of carboxylic acid groups (broad SMARTS) is 1. The molecular weight excluding hydrogens is 433 g/mol. The van der Waals surface area contributed by atoms with Crippen molar-refractivity contribution in [1.82, 2.24) is 15.3 Å². The van der Waals surface area contributed by atoms with Crippen LogP contribution in [0.25, 0.3) is 0 Å². The van der Waals surface area contributed by atoms with E-state index in [-0.39, 0.29) is 33.3 Å². The van der Waals surface area contributed by atoms with Gasteiger partial charge < -0.3 is 15.2 Å². The van der Waals surface area contributed by atoms with E-state index in [2.05, 4.69) is 15.3 Å². The van der Waals surface area contributed by atoms with Crippen LogP contribution in [0, 0.1) is 0 Å². The molecular formula is C20H17ClFN3O4S. The Bertz CT molecular complexity index is 1030. The van der Waals surface area contributed by atoms with Crippen molar-refractivity contribution in [1.29, 1.82) is 0 Å². The number of rotatable bonds is 7. The minimum absolute atomic E-state index is 0.0682. The van der Waals surface area contributed by atoms with Crippen LogP contribution in [0.1, 0.15) is 11.5 Å². The van der Waals surface area contributed by atoms with Crippen molar-refractivity contribution in [3.63, 3.8) is 0 Å². The van der Waals surface area contributed by atoms with E-state index >= 15 is 0 Å². The molecule has 1 aromatic carbocycles. The van der Waals surface area contributed by atoms with Crippen molar-refractivity contribution >= 4 is 35.3 Å². The maximum atomic E-state index is 13.9. The van der Waals surface area contributed by atoms with Crippen molar-refractivity contribution in [2.75, 3.05) is 19.5 Å². The number of ether oxygens (including phenoxy) is 1.